The average molecular weight is 228 g/mol. The summed E-state index contributed by atoms with van der Waals surface area (Å²) in [7, 11) is 0. The van der Waals surface area contributed by atoms with E-state index in [-0.39, 0.29) is 0 Å². The Morgan fingerprint density at radius 2 is 1.80 bits per heavy atom. The number of hydrogen-bond acceptors (Lipinski definition) is 1. The highest BCUT2D eigenvalue weighted by Gasteiger charge is 1.96. The highest BCUT2D eigenvalue weighted by Crippen LogP contribution is 2.15. The lowest BCUT2D eigenvalue weighted by Crippen LogP contribution is -1.89. The fourth-order valence-electron chi connectivity index (χ4n) is 1.11. The molecule has 1 aliphatic carbocycles. The van der Waals surface area contributed by atoms with E-state index in [2.05, 4.69) is 25.2 Å². The first-order chi connectivity index (χ1) is 7.43. The predicted molar refractivity (Wildman–Crippen MR) is 76.8 cm³/mol. The molecular formula is C14H28S. The van der Waals surface area contributed by atoms with Crippen molar-refractivity contribution in [1.82, 2.24) is 0 Å². The predicted octanol–water partition coefficient (Wildman–Crippen LogP) is 5.46. The molecule has 0 aromatic carbocycles. The first-order valence-corrected chi connectivity index (χ1v) is 7.52. The highest BCUT2D eigenvalue weighted by atomic mass is 32.2. The lowest BCUT2D eigenvalue weighted by Gasteiger charge is -2.05. The summed E-state index contributed by atoms with van der Waals surface area (Å²) in [6.45, 7) is 10.2. The zero-order chi connectivity index (χ0) is 11.9. The van der Waals surface area contributed by atoms with E-state index in [4.69, 9.17) is 0 Å². The van der Waals surface area contributed by atoms with E-state index < -0.39 is 0 Å². The molecule has 0 aromatic rings. The molecule has 0 saturated carbocycles. The fourth-order valence-corrected chi connectivity index (χ4v) is 1.99. The Bertz CT molecular complexity index is 157. The van der Waals surface area contributed by atoms with Crippen molar-refractivity contribution in [2.75, 3.05) is 11.5 Å². The van der Waals surface area contributed by atoms with E-state index in [0.717, 1.165) is 0 Å². The zero-order valence-corrected chi connectivity index (χ0v) is 12.0. The Kier molecular flexibility index (Phi) is 18.7. The normalized spacial score (nSPS) is 13.0. The standard InChI is InChI=1S/C10H16S.2C2H6/c1-2-8-11-9-10-6-4-3-5-7-10;2*1-2/h4,6-7H,2-3,5,8-9H2,1H3;2*1-2H3. The van der Waals surface area contributed by atoms with Crippen molar-refractivity contribution in [3.05, 3.63) is 23.8 Å². The van der Waals surface area contributed by atoms with Crippen LogP contribution in [0, 0.1) is 0 Å². The summed E-state index contributed by atoms with van der Waals surface area (Å²) in [5.74, 6) is 2.51. The SMILES string of the molecule is CC.CC.CCCSCC1=CCCC=C1. The maximum Gasteiger partial charge on any atom is 0.0181 e. The Morgan fingerprint density at radius 3 is 2.27 bits per heavy atom. The monoisotopic (exact) mass is 228 g/mol. The summed E-state index contributed by atoms with van der Waals surface area (Å²) in [5, 5.41) is 0. The number of allylic oxidation sites excluding steroid dienone is 3. The molecule has 0 heterocycles. The van der Waals surface area contributed by atoms with Crippen molar-refractivity contribution in [1.29, 1.82) is 0 Å². The molecule has 90 valence electrons. The molecule has 0 aliphatic heterocycles. The van der Waals surface area contributed by atoms with Crippen LogP contribution in [0.5, 0.6) is 0 Å². The molecule has 0 spiro atoms. The molecule has 0 atom stereocenters. The third kappa shape index (κ3) is 11.8. The van der Waals surface area contributed by atoms with Gasteiger partial charge in [-0.15, -0.1) is 0 Å². The van der Waals surface area contributed by atoms with Crippen LogP contribution in [0.15, 0.2) is 23.8 Å². The fraction of sp³-hybridized carbons (Fsp3) is 0.714. The maximum atomic E-state index is 2.36. The van der Waals surface area contributed by atoms with E-state index in [1.165, 1.54) is 36.3 Å². The van der Waals surface area contributed by atoms with Gasteiger partial charge in [0.25, 0.3) is 0 Å². The van der Waals surface area contributed by atoms with Crippen molar-refractivity contribution >= 4 is 11.8 Å². The number of hydrogen-bond donors (Lipinski definition) is 0. The molecule has 0 saturated heterocycles. The molecule has 0 N–H and O–H groups in total. The van der Waals surface area contributed by atoms with Gasteiger partial charge in [0.15, 0.2) is 0 Å². The van der Waals surface area contributed by atoms with Gasteiger partial charge in [-0.3, -0.25) is 0 Å². The minimum Gasteiger partial charge on any atom is -0.157 e. The Labute approximate surface area is 101 Å². The van der Waals surface area contributed by atoms with Crippen LogP contribution < -0.4 is 0 Å². The van der Waals surface area contributed by atoms with Crippen molar-refractivity contribution in [2.45, 2.75) is 53.9 Å². The Morgan fingerprint density at radius 1 is 1.13 bits per heavy atom. The van der Waals surface area contributed by atoms with Crippen LogP contribution in [0.3, 0.4) is 0 Å². The minimum atomic E-state index is 1.21. The molecule has 0 nitrogen and oxygen atoms in total. The van der Waals surface area contributed by atoms with Gasteiger partial charge < -0.3 is 0 Å². The van der Waals surface area contributed by atoms with E-state index in [1.54, 1.807) is 0 Å². The van der Waals surface area contributed by atoms with Gasteiger partial charge in [-0.2, -0.15) is 11.8 Å². The van der Waals surface area contributed by atoms with Crippen molar-refractivity contribution in [3.63, 3.8) is 0 Å². The Hall–Kier alpha value is -0.170. The largest absolute Gasteiger partial charge is 0.157 e. The average Bonchev–Trinajstić information content (AvgIpc) is 2.36. The van der Waals surface area contributed by atoms with Crippen molar-refractivity contribution in [2.24, 2.45) is 0 Å². The molecule has 0 amide bonds. The topological polar surface area (TPSA) is 0 Å². The molecular weight excluding hydrogens is 200 g/mol. The summed E-state index contributed by atoms with van der Waals surface area (Å²) in [6, 6.07) is 0. The molecule has 0 unspecified atom stereocenters. The van der Waals surface area contributed by atoms with Crippen LogP contribution in [-0.2, 0) is 0 Å². The third-order valence-electron chi connectivity index (χ3n) is 1.69. The highest BCUT2D eigenvalue weighted by molar-refractivity contribution is 7.99. The van der Waals surface area contributed by atoms with Gasteiger partial charge in [0.2, 0.25) is 0 Å². The Balaban J connectivity index is 0. The van der Waals surface area contributed by atoms with Gasteiger partial charge in [-0.25, -0.2) is 0 Å². The molecule has 1 rings (SSSR count). The van der Waals surface area contributed by atoms with Crippen LogP contribution in [0.25, 0.3) is 0 Å². The summed E-state index contributed by atoms with van der Waals surface area (Å²) in [6.07, 6.45) is 10.7. The molecule has 0 aromatic heterocycles. The van der Waals surface area contributed by atoms with Crippen LogP contribution in [0.4, 0.5) is 0 Å². The van der Waals surface area contributed by atoms with Crippen LogP contribution >= 0.6 is 11.8 Å². The quantitative estimate of drug-likeness (QED) is 0.576. The lowest BCUT2D eigenvalue weighted by molar-refractivity contribution is 1.02. The summed E-state index contributed by atoms with van der Waals surface area (Å²) in [4.78, 5) is 0. The first-order valence-electron chi connectivity index (χ1n) is 6.37. The second-order valence-corrected chi connectivity index (χ2v) is 3.92. The third-order valence-corrected chi connectivity index (χ3v) is 2.92. The maximum absolute atomic E-state index is 2.36. The van der Waals surface area contributed by atoms with Crippen LogP contribution in [0.1, 0.15) is 53.9 Å². The number of thioether (sulfide) groups is 1. The smallest absolute Gasteiger partial charge is 0.0181 e. The summed E-state index contributed by atoms with van der Waals surface area (Å²) >= 11 is 2.04. The van der Waals surface area contributed by atoms with Crippen molar-refractivity contribution < 1.29 is 0 Å². The number of rotatable bonds is 4. The summed E-state index contributed by atoms with van der Waals surface area (Å²) < 4.78 is 0. The van der Waals surface area contributed by atoms with E-state index in [9.17, 15) is 0 Å². The van der Waals surface area contributed by atoms with E-state index in [1.807, 2.05) is 39.5 Å². The summed E-state index contributed by atoms with van der Waals surface area (Å²) in [5.41, 5.74) is 1.52. The first kappa shape index (κ1) is 17.2. The minimum absolute atomic E-state index is 1.21. The molecule has 1 aliphatic rings. The molecule has 0 radical (unpaired) electrons. The molecule has 1 heteroatoms. The van der Waals surface area contributed by atoms with Crippen LogP contribution in [-0.4, -0.2) is 11.5 Å². The van der Waals surface area contributed by atoms with Gasteiger partial charge in [-0.1, -0.05) is 52.8 Å². The van der Waals surface area contributed by atoms with Crippen LogP contribution in [0.2, 0.25) is 0 Å². The van der Waals surface area contributed by atoms with Gasteiger partial charge in [0, 0.05) is 5.75 Å². The van der Waals surface area contributed by atoms with Gasteiger partial charge in [0.1, 0.15) is 0 Å². The second-order valence-electron chi connectivity index (χ2n) is 2.81. The molecule has 0 bridgehead atoms. The van der Waals surface area contributed by atoms with E-state index >= 15 is 0 Å². The van der Waals surface area contributed by atoms with Gasteiger partial charge in [0.05, 0.1) is 0 Å². The van der Waals surface area contributed by atoms with Crippen molar-refractivity contribution in [3.8, 4) is 0 Å². The molecule has 15 heavy (non-hydrogen) atoms. The second kappa shape index (κ2) is 16.3. The molecule has 0 fully saturated rings. The van der Waals surface area contributed by atoms with Gasteiger partial charge >= 0.3 is 0 Å². The van der Waals surface area contributed by atoms with Gasteiger partial charge in [-0.05, 0) is 30.6 Å². The zero-order valence-electron chi connectivity index (χ0n) is 11.2. The van der Waals surface area contributed by atoms with E-state index in [0.29, 0.717) is 0 Å². The lowest BCUT2D eigenvalue weighted by atomic mass is 10.1.